The van der Waals surface area contributed by atoms with Gasteiger partial charge in [-0.3, -0.25) is 4.79 Å². The number of para-hydroxylation sites is 1. The van der Waals surface area contributed by atoms with Gasteiger partial charge in [0.25, 0.3) is 15.9 Å². The molecule has 0 saturated carbocycles. The summed E-state index contributed by atoms with van der Waals surface area (Å²) in [6.45, 7) is 0. The van der Waals surface area contributed by atoms with Gasteiger partial charge >= 0.3 is 0 Å². The molecular formula is C18H17NO4S. The minimum atomic E-state index is -4.13. The summed E-state index contributed by atoms with van der Waals surface area (Å²) < 4.78 is 26.7. The number of carbonyl (C=O) groups is 1. The number of phenols is 1. The molecule has 0 aliphatic carbocycles. The van der Waals surface area contributed by atoms with Gasteiger partial charge in [0.05, 0.1) is 6.04 Å². The average Bonchev–Trinajstić information content (AvgIpc) is 2.56. The van der Waals surface area contributed by atoms with E-state index in [1.807, 2.05) is 30.3 Å². The first kappa shape index (κ1) is 16.3. The number of hydrogen-bond donors (Lipinski definition) is 1. The number of phenolic OH excluding ortho intramolecular Hbond substituents is 1. The van der Waals surface area contributed by atoms with Gasteiger partial charge in [-0.25, -0.2) is 12.7 Å². The van der Waals surface area contributed by atoms with Crippen molar-refractivity contribution >= 4 is 15.9 Å². The van der Waals surface area contributed by atoms with Crippen LogP contribution in [0.2, 0.25) is 0 Å². The van der Waals surface area contributed by atoms with Gasteiger partial charge in [-0.05, 0) is 30.5 Å². The van der Waals surface area contributed by atoms with Crippen LogP contribution in [0.15, 0.2) is 71.6 Å². The third kappa shape index (κ3) is 3.05. The van der Waals surface area contributed by atoms with Gasteiger partial charge in [0.15, 0.2) is 0 Å². The summed E-state index contributed by atoms with van der Waals surface area (Å²) in [4.78, 5) is 12.0. The Morgan fingerprint density at radius 1 is 1.04 bits per heavy atom. The molecule has 0 aromatic heterocycles. The van der Waals surface area contributed by atoms with Crippen molar-refractivity contribution in [2.24, 2.45) is 0 Å². The van der Waals surface area contributed by atoms with Crippen LogP contribution in [-0.4, -0.2) is 29.8 Å². The van der Waals surface area contributed by atoms with Crippen LogP contribution >= 0.6 is 0 Å². The molecule has 1 heterocycles. The molecule has 0 saturated heterocycles. The van der Waals surface area contributed by atoms with E-state index in [0.717, 1.165) is 9.87 Å². The van der Waals surface area contributed by atoms with Crippen LogP contribution in [0.5, 0.6) is 5.75 Å². The van der Waals surface area contributed by atoms with Crippen LogP contribution in [0.25, 0.3) is 0 Å². The molecule has 0 spiro atoms. The third-order valence-electron chi connectivity index (χ3n) is 3.93. The van der Waals surface area contributed by atoms with E-state index in [9.17, 15) is 18.3 Å². The molecule has 24 heavy (non-hydrogen) atoms. The van der Waals surface area contributed by atoms with Gasteiger partial charge in [-0.15, -0.1) is 0 Å². The molecule has 1 amide bonds. The summed E-state index contributed by atoms with van der Waals surface area (Å²) in [5.74, 6) is -0.955. The first-order valence-electron chi connectivity index (χ1n) is 7.57. The lowest BCUT2D eigenvalue weighted by molar-refractivity contribution is -0.123. The maximum atomic E-state index is 12.9. The van der Waals surface area contributed by atoms with Crippen molar-refractivity contribution in [1.29, 1.82) is 0 Å². The highest BCUT2D eigenvalue weighted by Crippen LogP contribution is 2.30. The zero-order valence-electron chi connectivity index (χ0n) is 12.9. The normalized spacial score (nSPS) is 17.9. The fourth-order valence-electron chi connectivity index (χ4n) is 2.82. The second-order valence-corrected chi connectivity index (χ2v) is 7.37. The summed E-state index contributed by atoms with van der Waals surface area (Å²) in [6, 6.07) is 14.5. The molecule has 124 valence electrons. The van der Waals surface area contributed by atoms with E-state index in [1.165, 1.54) is 30.3 Å². The number of rotatable bonds is 4. The van der Waals surface area contributed by atoms with Gasteiger partial charge in [0.2, 0.25) is 0 Å². The molecule has 3 rings (SSSR count). The highest BCUT2D eigenvalue weighted by molar-refractivity contribution is 7.89. The van der Waals surface area contributed by atoms with Crippen molar-refractivity contribution in [3.05, 3.63) is 72.3 Å². The number of sulfonamides is 1. The quantitative estimate of drug-likeness (QED) is 0.925. The Bertz CT molecular complexity index is 875. The second kappa shape index (κ2) is 6.49. The minimum Gasteiger partial charge on any atom is -0.507 e. The predicted molar refractivity (Wildman–Crippen MR) is 89.8 cm³/mol. The van der Waals surface area contributed by atoms with Crippen LogP contribution < -0.4 is 0 Å². The van der Waals surface area contributed by atoms with E-state index in [-0.39, 0.29) is 10.6 Å². The monoisotopic (exact) mass is 343 g/mol. The van der Waals surface area contributed by atoms with Gasteiger partial charge in [-0.1, -0.05) is 48.5 Å². The Hall–Kier alpha value is -2.60. The van der Waals surface area contributed by atoms with Crippen LogP contribution in [-0.2, 0) is 21.2 Å². The lowest BCUT2D eigenvalue weighted by atomic mass is 10.0. The number of carbonyl (C=O) groups excluding carboxylic acids is 1. The lowest BCUT2D eigenvalue weighted by Crippen LogP contribution is -2.46. The fourth-order valence-corrected chi connectivity index (χ4v) is 4.47. The van der Waals surface area contributed by atoms with E-state index in [1.54, 1.807) is 6.08 Å². The average molecular weight is 343 g/mol. The molecule has 0 bridgehead atoms. The van der Waals surface area contributed by atoms with E-state index in [4.69, 9.17) is 0 Å². The first-order chi connectivity index (χ1) is 11.5. The Morgan fingerprint density at radius 3 is 2.42 bits per heavy atom. The Labute approximate surface area is 140 Å². The van der Waals surface area contributed by atoms with Gasteiger partial charge < -0.3 is 5.11 Å². The minimum absolute atomic E-state index is 0.258. The predicted octanol–water partition coefficient (Wildman–Crippen LogP) is 2.48. The van der Waals surface area contributed by atoms with E-state index < -0.39 is 22.0 Å². The molecule has 0 unspecified atom stereocenters. The van der Waals surface area contributed by atoms with Crippen molar-refractivity contribution < 1.29 is 18.3 Å². The smallest absolute Gasteiger partial charge is 0.270 e. The second-order valence-electron chi connectivity index (χ2n) is 5.59. The summed E-state index contributed by atoms with van der Waals surface area (Å²) in [6.07, 6.45) is 3.81. The molecule has 0 fully saturated rings. The maximum absolute atomic E-state index is 12.9. The van der Waals surface area contributed by atoms with Crippen molar-refractivity contribution in [2.75, 3.05) is 0 Å². The fraction of sp³-hybridized carbons (Fsp3) is 0.167. The Morgan fingerprint density at radius 2 is 1.71 bits per heavy atom. The van der Waals surface area contributed by atoms with Gasteiger partial charge in [-0.2, -0.15) is 0 Å². The molecule has 6 heteroatoms. The standard InChI is InChI=1S/C18H17NO4S/c20-16-10-4-5-11-17(16)24(22,23)19-15(9-6-12-18(19)21)13-14-7-2-1-3-8-14/h1-8,10-12,15,20H,9,13H2/t15-/m1/s1. The zero-order valence-corrected chi connectivity index (χ0v) is 13.7. The van der Waals surface area contributed by atoms with Crippen LogP contribution in [0.4, 0.5) is 0 Å². The summed E-state index contributed by atoms with van der Waals surface area (Å²) >= 11 is 0. The number of amides is 1. The number of nitrogens with zero attached hydrogens (tertiary/aromatic N) is 1. The van der Waals surface area contributed by atoms with Gasteiger partial charge in [0, 0.05) is 6.08 Å². The molecule has 1 atom stereocenters. The summed E-state index contributed by atoms with van der Waals surface area (Å²) in [5, 5.41) is 9.90. The molecular weight excluding hydrogens is 326 g/mol. The van der Waals surface area contributed by atoms with E-state index in [2.05, 4.69) is 0 Å². The summed E-state index contributed by atoms with van der Waals surface area (Å²) in [5.41, 5.74) is 0.947. The SMILES string of the molecule is O=C1C=CC[C@H](Cc2ccccc2)N1S(=O)(=O)c1ccccc1O. The number of aromatic hydroxyl groups is 1. The van der Waals surface area contributed by atoms with Crippen LogP contribution in [0, 0.1) is 0 Å². The molecule has 2 aromatic rings. The molecule has 0 radical (unpaired) electrons. The number of benzene rings is 2. The molecule has 1 aliphatic rings. The first-order valence-corrected chi connectivity index (χ1v) is 9.01. The molecule has 1 N–H and O–H groups in total. The Balaban J connectivity index is 2.00. The topological polar surface area (TPSA) is 74.7 Å². The highest BCUT2D eigenvalue weighted by atomic mass is 32.2. The van der Waals surface area contributed by atoms with E-state index in [0.29, 0.717) is 12.8 Å². The van der Waals surface area contributed by atoms with Crippen LogP contribution in [0.3, 0.4) is 0 Å². The van der Waals surface area contributed by atoms with Crippen molar-refractivity contribution in [3.8, 4) is 5.75 Å². The van der Waals surface area contributed by atoms with E-state index >= 15 is 0 Å². The van der Waals surface area contributed by atoms with Crippen molar-refractivity contribution in [1.82, 2.24) is 4.31 Å². The largest absolute Gasteiger partial charge is 0.507 e. The molecule has 1 aliphatic heterocycles. The third-order valence-corrected chi connectivity index (χ3v) is 5.83. The Kier molecular flexibility index (Phi) is 4.40. The van der Waals surface area contributed by atoms with Crippen molar-refractivity contribution in [2.45, 2.75) is 23.8 Å². The number of hydrogen-bond acceptors (Lipinski definition) is 4. The molecule has 2 aromatic carbocycles. The maximum Gasteiger partial charge on any atom is 0.270 e. The molecule has 5 nitrogen and oxygen atoms in total. The highest BCUT2D eigenvalue weighted by Gasteiger charge is 2.37. The van der Waals surface area contributed by atoms with Gasteiger partial charge in [0.1, 0.15) is 10.6 Å². The van der Waals surface area contributed by atoms with Crippen LogP contribution in [0.1, 0.15) is 12.0 Å². The zero-order chi connectivity index (χ0) is 17.2. The lowest BCUT2D eigenvalue weighted by Gasteiger charge is -2.32. The van der Waals surface area contributed by atoms with Crippen molar-refractivity contribution in [3.63, 3.8) is 0 Å². The summed E-state index contributed by atoms with van der Waals surface area (Å²) in [7, 11) is -4.13.